The Morgan fingerprint density at radius 1 is 1.10 bits per heavy atom. The van der Waals surface area contributed by atoms with Gasteiger partial charge in [-0.3, -0.25) is 0 Å². The molecular weight excluding hydrogens is 248 g/mol. The first-order valence-electron chi connectivity index (χ1n) is 7.65. The van der Waals surface area contributed by atoms with E-state index in [1.165, 1.54) is 29.7 Å². The average molecular weight is 268 g/mol. The van der Waals surface area contributed by atoms with Crippen molar-refractivity contribution in [2.24, 2.45) is 5.92 Å². The highest BCUT2D eigenvalue weighted by molar-refractivity contribution is 5.69. The van der Waals surface area contributed by atoms with Crippen molar-refractivity contribution in [3.05, 3.63) is 42.4 Å². The van der Waals surface area contributed by atoms with E-state index < -0.39 is 0 Å². The van der Waals surface area contributed by atoms with E-state index in [-0.39, 0.29) is 12.1 Å². The van der Waals surface area contributed by atoms with Gasteiger partial charge in [-0.25, -0.2) is 4.98 Å². The van der Waals surface area contributed by atoms with E-state index in [1.54, 1.807) is 0 Å². The van der Waals surface area contributed by atoms with Crippen LogP contribution in [-0.4, -0.2) is 20.8 Å². The molecule has 2 aliphatic rings. The number of hydrogen-bond acceptors (Lipinski definition) is 2. The van der Waals surface area contributed by atoms with Crippen LogP contribution in [0, 0.1) is 5.92 Å². The normalized spacial score (nSPS) is 28.8. The molecule has 20 heavy (non-hydrogen) atoms. The highest BCUT2D eigenvalue weighted by Crippen LogP contribution is 2.46. The molecule has 104 valence electrons. The summed E-state index contributed by atoms with van der Waals surface area (Å²) in [5.41, 5.74) is 3.84. The molecule has 0 amide bonds. The van der Waals surface area contributed by atoms with Gasteiger partial charge in [0.2, 0.25) is 0 Å². The maximum absolute atomic E-state index is 10.6. The van der Waals surface area contributed by atoms with Gasteiger partial charge in [0, 0.05) is 11.5 Å². The van der Waals surface area contributed by atoms with Gasteiger partial charge >= 0.3 is 0 Å². The zero-order valence-electron chi connectivity index (χ0n) is 11.6. The minimum atomic E-state index is -0.191. The molecule has 1 aromatic heterocycles. The Morgan fingerprint density at radius 2 is 1.95 bits per heavy atom. The van der Waals surface area contributed by atoms with Crippen LogP contribution in [0.5, 0.6) is 0 Å². The van der Waals surface area contributed by atoms with Crippen molar-refractivity contribution in [3.8, 4) is 11.3 Å². The molecule has 1 aliphatic heterocycles. The van der Waals surface area contributed by atoms with Crippen LogP contribution in [0.1, 0.15) is 43.7 Å². The molecule has 0 saturated heterocycles. The summed E-state index contributed by atoms with van der Waals surface area (Å²) >= 11 is 0. The lowest BCUT2D eigenvalue weighted by atomic mass is 9.85. The smallest absolute Gasteiger partial charge is 0.0956 e. The lowest BCUT2D eigenvalue weighted by Gasteiger charge is -2.28. The Morgan fingerprint density at radius 3 is 2.90 bits per heavy atom. The van der Waals surface area contributed by atoms with Gasteiger partial charge in [-0.05, 0) is 18.4 Å². The minimum absolute atomic E-state index is 0.191. The molecule has 2 heterocycles. The van der Waals surface area contributed by atoms with Crippen LogP contribution < -0.4 is 0 Å². The van der Waals surface area contributed by atoms with Crippen LogP contribution >= 0.6 is 0 Å². The predicted octanol–water partition coefficient (Wildman–Crippen LogP) is 3.39. The van der Waals surface area contributed by atoms with E-state index in [9.17, 15) is 5.11 Å². The monoisotopic (exact) mass is 268 g/mol. The maximum Gasteiger partial charge on any atom is 0.0956 e. The van der Waals surface area contributed by atoms with Gasteiger partial charge in [0.05, 0.1) is 30.4 Å². The number of fused-ring (bicyclic) bond motifs is 3. The highest BCUT2D eigenvalue weighted by atomic mass is 16.3. The zero-order valence-corrected chi connectivity index (χ0v) is 11.6. The molecule has 4 rings (SSSR count). The topological polar surface area (TPSA) is 38.1 Å². The van der Waals surface area contributed by atoms with Gasteiger partial charge in [0.1, 0.15) is 0 Å². The van der Waals surface area contributed by atoms with Gasteiger partial charge < -0.3 is 9.67 Å². The van der Waals surface area contributed by atoms with E-state index in [0.29, 0.717) is 5.92 Å². The van der Waals surface area contributed by atoms with Gasteiger partial charge in [0.25, 0.3) is 0 Å². The lowest BCUT2D eigenvalue weighted by molar-refractivity contribution is 0.0802. The molecule has 3 atom stereocenters. The van der Waals surface area contributed by atoms with Crippen LogP contribution in [0.15, 0.2) is 36.8 Å². The molecule has 1 aliphatic carbocycles. The number of aliphatic hydroxyl groups excluding tert-OH is 1. The number of benzene rings is 1. The third-order valence-corrected chi connectivity index (χ3v) is 4.96. The van der Waals surface area contributed by atoms with Crippen LogP contribution in [0.2, 0.25) is 0 Å². The largest absolute Gasteiger partial charge is 0.393 e. The van der Waals surface area contributed by atoms with Crippen molar-refractivity contribution in [2.45, 2.75) is 44.2 Å². The summed E-state index contributed by atoms with van der Waals surface area (Å²) in [5.74, 6) is 0.314. The second kappa shape index (κ2) is 4.74. The number of aromatic nitrogens is 2. The number of hydrogen-bond donors (Lipinski definition) is 1. The van der Waals surface area contributed by atoms with Gasteiger partial charge in [-0.2, -0.15) is 0 Å². The second-order valence-electron chi connectivity index (χ2n) is 6.09. The van der Waals surface area contributed by atoms with Gasteiger partial charge in [-0.15, -0.1) is 0 Å². The summed E-state index contributed by atoms with van der Waals surface area (Å²) in [7, 11) is 0. The molecule has 3 nitrogen and oxygen atoms in total. The molecule has 1 N–H and O–H groups in total. The molecule has 1 fully saturated rings. The first-order valence-corrected chi connectivity index (χ1v) is 7.65. The van der Waals surface area contributed by atoms with E-state index in [2.05, 4.69) is 33.8 Å². The van der Waals surface area contributed by atoms with Crippen LogP contribution in [0.4, 0.5) is 0 Å². The Kier molecular flexibility index (Phi) is 2.88. The third kappa shape index (κ3) is 1.73. The van der Waals surface area contributed by atoms with E-state index in [0.717, 1.165) is 19.3 Å². The zero-order chi connectivity index (χ0) is 13.5. The van der Waals surface area contributed by atoms with Crippen LogP contribution in [-0.2, 0) is 0 Å². The van der Waals surface area contributed by atoms with Crippen molar-refractivity contribution in [1.29, 1.82) is 0 Å². The molecule has 0 radical (unpaired) electrons. The summed E-state index contributed by atoms with van der Waals surface area (Å²) in [5, 5.41) is 10.6. The molecule has 0 bridgehead atoms. The first kappa shape index (κ1) is 12.2. The van der Waals surface area contributed by atoms with E-state index in [4.69, 9.17) is 0 Å². The Labute approximate surface area is 119 Å². The average Bonchev–Trinajstić information content (AvgIpc) is 2.97. The molecular formula is C17H20N2O. The van der Waals surface area contributed by atoms with Crippen molar-refractivity contribution < 1.29 is 5.11 Å². The number of rotatable bonds is 1. The summed E-state index contributed by atoms with van der Waals surface area (Å²) in [4.78, 5) is 4.32. The standard InChI is InChI=1S/C17H20N2O/c20-16-9-3-1-2-8-14(16)17-13-7-5-4-6-12(13)15-10-18-11-19(15)17/h4-7,10-11,14,16-17,20H,1-3,8-9H2/t14-,16-,17-/m0/s1. The Hall–Kier alpha value is -1.61. The maximum atomic E-state index is 10.6. The fourth-order valence-electron chi connectivity index (χ4n) is 3.99. The minimum Gasteiger partial charge on any atom is -0.393 e. The number of aliphatic hydroxyl groups is 1. The van der Waals surface area contributed by atoms with E-state index in [1.807, 2.05) is 12.5 Å². The molecule has 0 spiro atoms. The molecule has 0 unspecified atom stereocenters. The van der Waals surface area contributed by atoms with Crippen LogP contribution in [0.25, 0.3) is 11.3 Å². The summed E-state index contributed by atoms with van der Waals surface area (Å²) in [6.45, 7) is 0. The van der Waals surface area contributed by atoms with Gasteiger partial charge in [0.15, 0.2) is 0 Å². The van der Waals surface area contributed by atoms with Crippen molar-refractivity contribution in [1.82, 2.24) is 9.55 Å². The predicted molar refractivity (Wildman–Crippen MR) is 78.4 cm³/mol. The quantitative estimate of drug-likeness (QED) is 0.805. The molecule has 3 heteroatoms. The SMILES string of the molecule is O[C@H]1CCCCC[C@@H]1[C@@H]1c2ccccc2-c2cncn21. The lowest BCUT2D eigenvalue weighted by Crippen LogP contribution is -2.28. The molecule has 2 aromatic rings. The first-order chi connectivity index (χ1) is 9.86. The van der Waals surface area contributed by atoms with Crippen molar-refractivity contribution in [3.63, 3.8) is 0 Å². The molecule has 1 aromatic carbocycles. The van der Waals surface area contributed by atoms with E-state index >= 15 is 0 Å². The highest BCUT2D eigenvalue weighted by Gasteiger charge is 2.37. The summed E-state index contributed by atoms with van der Waals surface area (Å²) in [6, 6.07) is 8.84. The molecule has 1 saturated carbocycles. The number of nitrogens with zero attached hydrogens (tertiary/aromatic N) is 2. The Bertz CT molecular complexity index is 619. The van der Waals surface area contributed by atoms with Crippen LogP contribution in [0.3, 0.4) is 0 Å². The summed E-state index contributed by atoms with van der Waals surface area (Å²) < 4.78 is 2.27. The fourth-order valence-corrected chi connectivity index (χ4v) is 3.99. The second-order valence-corrected chi connectivity index (χ2v) is 6.09. The Balaban J connectivity index is 1.81. The summed E-state index contributed by atoms with van der Waals surface area (Å²) in [6.07, 6.45) is 9.36. The fraction of sp³-hybridized carbons (Fsp3) is 0.471. The van der Waals surface area contributed by atoms with Gasteiger partial charge in [-0.1, -0.05) is 43.5 Å². The van der Waals surface area contributed by atoms with Crippen molar-refractivity contribution >= 4 is 0 Å². The third-order valence-electron chi connectivity index (χ3n) is 4.96. The number of imidazole rings is 1. The van der Waals surface area contributed by atoms with Crippen molar-refractivity contribution in [2.75, 3.05) is 0 Å².